The molecule has 0 aliphatic rings. The number of halogens is 1. The summed E-state index contributed by atoms with van der Waals surface area (Å²) in [6, 6.07) is 33.2. The van der Waals surface area contributed by atoms with E-state index in [-0.39, 0.29) is 0 Å². The molecule has 0 aliphatic heterocycles. The molecule has 0 unspecified atom stereocenters. The van der Waals surface area contributed by atoms with Crippen molar-refractivity contribution in [1.82, 2.24) is 29.1 Å². The van der Waals surface area contributed by atoms with Gasteiger partial charge in [0.05, 0.1) is 10.8 Å². The SMILES string of the molecule is Cc1cc(C)c(Sc2nc(F)nc3c2ccn3Cc2ccccc2)c(C)c1.Cc1cc(C)c(Sc2nc(N)nc3c2ccn3Cc2ccccc2)c(C)c1. The Kier molecular flexibility index (Phi) is 10.8. The van der Waals surface area contributed by atoms with Crippen molar-refractivity contribution in [3.63, 3.8) is 0 Å². The van der Waals surface area contributed by atoms with E-state index in [0.29, 0.717) is 23.2 Å². The van der Waals surface area contributed by atoms with Gasteiger partial charge < -0.3 is 14.9 Å². The van der Waals surface area contributed by atoms with Gasteiger partial charge in [-0.25, -0.2) is 4.98 Å². The molecule has 10 heteroatoms. The van der Waals surface area contributed by atoms with Gasteiger partial charge in [0.15, 0.2) is 0 Å². The van der Waals surface area contributed by atoms with Crippen LogP contribution in [0.3, 0.4) is 0 Å². The second kappa shape index (κ2) is 15.9. The second-order valence-electron chi connectivity index (χ2n) is 13.7. The van der Waals surface area contributed by atoms with Crippen LogP contribution >= 0.6 is 23.5 Å². The first-order valence-corrected chi connectivity index (χ1v) is 19.4. The van der Waals surface area contributed by atoms with E-state index >= 15 is 0 Å². The Morgan fingerprint density at radius 3 is 1.39 bits per heavy atom. The van der Waals surface area contributed by atoms with E-state index in [1.807, 2.05) is 41.1 Å². The summed E-state index contributed by atoms with van der Waals surface area (Å²) in [6.07, 6.45) is 3.32. The molecular formula is C44H42FN7S2. The zero-order valence-electron chi connectivity index (χ0n) is 31.3. The molecule has 4 aromatic heterocycles. The van der Waals surface area contributed by atoms with Crippen LogP contribution in [0.2, 0.25) is 0 Å². The van der Waals surface area contributed by atoms with Crippen molar-refractivity contribution in [3.8, 4) is 0 Å². The Bertz CT molecular complexity index is 2370. The number of benzene rings is 4. The topological polar surface area (TPSA) is 87.4 Å². The fourth-order valence-corrected chi connectivity index (χ4v) is 8.95. The molecular weight excluding hydrogens is 710 g/mol. The van der Waals surface area contributed by atoms with E-state index in [0.717, 1.165) is 38.4 Å². The normalized spacial score (nSPS) is 11.2. The summed E-state index contributed by atoms with van der Waals surface area (Å²) in [7, 11) is 0. The smallest absolute Gasteiger partial charge is 0.311 e. The van der Waals surface area contributed by atoms with Crippen LogP contribution in [0.25, 0.3) is 22.1 Å². The van der Waals surface area contributed by atoms with E-state index in [4.69, 9.17) is 5.73 Å². The molecule has 0 aliphatic carbocycles. The monoisotopic (exact) mass is 751 g/mol. The standard InChI is InChI=1S/C22H20FN3S.C22H22N4S/c2*1-14-11-15(2)19(16(3)12-14)27-21-18-9-10-26(20(18)24-22(23)25-21)13-17-7-5-4-6-8-17/h4-12H,13H2,1-3H3;4-12H,13H2,1-3H3,(H2,23,24,25). The minimum absolute atomic E-state index is 0.306. The van der Waals surface area contributed by atoms with E-state index in [1.54, 1.807) is 11.8 Å². The van der Waals surface area contributed by atoms with Gasteiger partial charge >= 0.3 is 6.08 Å². The first kappa shape index (κ1) is 36.9. The molecule has 0 bridgehead atoms. The molecule has 4 aromatic carbocycles. The third-order valence-electron chi connectivity index (χ3n) is 9.16. The van der Waals surface area contributed by atoms with Crippen LogP contribution in [0.1, 0.15) is 44.5 Å². The number of nitrogens with zero attached hydrogens (tertiary/aromatic N) is 6. The Labute approximate surface area is 323 Å². The van der Waals surface area contributed by atoms with E-state index in [2.05, 4.69) is 139 Å². The maximum Gasteiger partial charge on any atom is 0.311 e. The van der Waals surface area contributed by atoms with E-state index in [9.17, 15) is 4.39 Å². The molecule has 0 saturated carbocycles. The highest BCUT2D eigenvalue weighted by molar-refractivity contribution is 7.99. The van der Waals surface area contributed by atoms with Crippen LogP contribution in [-0.2, 0) is 13.1 Å². The summed E-state index contributed by atoms with van der Waals surface area (Å²) < 4.78 is 18.3. The molecule has 4 heterocycles. The molecule has 8 rings (SSSR count). The highest BCUT2D eigenvalue weighted by atomic mass is 32.2. The molecule has 0 fully saturated rings. The number of hydrogen-bond acceptors (Lipinski definition) is 7. The number of nitrogens with two attached hydrogens (primary N) is 1. The summed E-state index contributed by atoms with van der Waals surface area (Å²) in [4.78, 5) is 19.6. The maximum atomic E-state index is 14.2. The number of hydrogen-bond donors (Lipinski definition) is 1. The number of aromatic nitrogens is 6. The molecule has 7 nitrogen and oxygen atoms in total. The third-order valence-corrected chi connectivity index (χ3v) is 11.9. The molecule has 54 heavy (non-hydrogen) atoms. The van der Waals surface area contributed by atoms with Gasteiger partial charge in [-0.15, -0.1) is 0 Å². The predicted octanol–water partition coefficient (Wildman–Crippen LogP) is 10.8. The molecule has 0 saturated heterocycles. The van der Waals surface area contributed by atoms with Gasteiger partial charge in [0.2, 0.25) is 5.95 Å². The van der Waals surface area contributed by atoms with Crippen LogP contribution in [0.5, 0.6) is 0 Å². The Hall–Kier alpha value is -5.45. The fourth-order valence-electron chi connectivity index (χ4n) is 6.89. The average molecular weight is 752 g/mol. The summed E-state index contributed by atoms with van der Waals surface area (Å²) >= 11 is 3.18. The van der Waals surface area contributed by atoms with Gasteiger partial charge in [-0.1, -0.05) is 120 Å². The number of aryl methyl sites for hydroxylation is 6. The number of nitrogen functional groups attached to an aromatic ring is 1. The van der Waals surface area contributed by atoms with Crippen LogP contribution in [0.4, 0.5) is 10.3 Å². The van der Waals surface area contributed by atoms with E-state index in [1.165, 1.54) is 55.6 Å². The summed E-state index contributed by atoms with van der Waals surface area (Å²) in [5.74, 6) is 0.306. The van der Waals surface area contributed by atoms with Gasteiger partial charge in [-0.3, -0.25) is 0 Å². The minimum Gasteiger partial charge on any atom is -0.368 e. The number of rotatable bonds is 8. The summed E-state index contributed by atoms with van der Waals surface area (Å²) in [6.45, 7) is 14.1. The van der Waals surface area contributed by atoms with Crippen molar-refractivity contribution >= 4 is 51.5 Å². The Balaban J connectivity index is 0.000000167. The Morgan fingerprint density at radius 2 is 0.944 bits per heavy atom. The predicted molar refractivity (Wildman–Crippen MR) is 220 cm³/mol. The third kappa shape index (κ3) is 8.20. The number of fused-ring (bicyclic) bond motifs is 2. The van der Waals surface area contributed by atoms with Crippen molar-refractivity contribution in [1.29, 1.82) is 0 Å². The molecule has 0 spiro atoms. The minimum atomic E-state index is -0.694. The quantitative estimate of drug-likeness (QED) is 0.122. The number of anilines is 1. The van der Waals surface area contributed by atoms with Crippen LogP contribution in [0, 0.1) is 47.6 Å². The molecule has 8 aromatic rings. The first-order chi connectivity index (χ1) is 26.0. The van der Waals surface area contributed by atoms with E-state index < -0.39 is 6.08 Å². The lowest BCUT2D eigenvalue weighted by Gasteiger charge is -2.12. The van der Waals surface area contributed by atoms with Gasteiger partial charge in [0, 0.05) is 35.3 Å². The van der Waals surface area contributed by atoms with Crippen LogP contribution in [0.15, 0.2) is 129 Å². The zero-order chi connectivity index (χ0) is 37.9. The van der Waals surface area contributed by atoms with Gasteiger partial charge in [0.25, 0.3) is 0 Å². The molecule has 272 valence electrons. The lowest BCUT2D eigenvalue weighted by Crippen LogP contribution is -2.03. The molecule has 0 amide bonds. The van der Waals surface area contributed by atoms with Gasteiger partial charge in [-0.2, -0.15) is 19.3 Å². The van der Waals surface area contributed by atoms with Crippen LogP contribution in [-0.4, -0.2) is 29.1 Å². The molecule has 0 radical (unpaired) electrons. The second-order valence-corrected chi connectivity index (χ2v) is 15.7. The average Bonchev–Trinajstić information content (AvgIpc) is 3.72. The molecule has 0 atom stereocenters. The summed E-state index contributed by atoms with van der Waals surface area (Å²) in [5.41, 5.74) is 17.3. The van der Waals surface area contributed by atoms with Gasteiger partial charge in [0.1, 0.15) is 21.3 Å². The lowest BCUT2D eigenvalue weighted by atomic mass is 10.1. The van der Waals surface area contributed by atoms with Crippen molar-refractivity contribution in [2.45, 2.75) is 74.5 Å². The largest absolute Gasteiger partial charge is 0.368 e. The Morgan fingerprint density at radius 1 is 0.537 bits per heavy atom. The first-order valence-electron chi connectivity index (χ1n) is 17.8. The molecule has 2 N–H and O–H groups in total. The van der Waals surface area contributed by atoms with Gasteiger partial charge in [-0.05, 0) is 87.1 Å². The van der Waals surface area contributed by atoms with Crippen molar-refractivity contribution < 1.29 is 4.39 Å². The lowest BCUT2D eigenvalue weighted by molar-refractivity contribution is 0.531. The van der Waals surface area contributed by atoms with Crippen molar-refractivity contribution in [3.05, 3.63) is 160 Å². The van der Waals surface area contributed by atoms with Crippen molar-refractivity contribution in [2.24, 2.45) is 0 Å². The zero-order valence-corrected chi connectivity index (χ0v) is 32.9. The summed E-state index contributed by atoms with van der Waals surface area (Å²) in [5, 5.41) is 3.46. The fraction of sp³-hybridized carbons (Fsp3) is 0.182. The van der Waals surface area contributed by atoms with Crippen LogP contribution < -0.4 is 5.73 Å². The highest BCUT2D eigenvalue weighted by Gasteiger charge is 2.17. The maximum absolute atomic E-state index is 14.2. The highest BCUT2D eigenvalue weighted by Crippen LogP contribution is 2.38. The van der Waals surface area contributed by atoms with Crippen molar-refractivity contribution in [2.75, 3.05) is 5.73 Å².